The standard InChI is InChI=1S/C15H16FN5/c1-17-13-10-21-9-8-19-15(21)14(20-13)18-7-6-11-2-4-12(16)5-3-11/h2-5,8-10,17H,6-7H2,1H3,(H,18,20). The van der Waals surface area contributed by atoms with Gasteiger partial charge in [-0.3, -0.25) is 0 Å². The van der Waals surface area contributed by atoms with Crippen LogP contribution in [0.1, 0.15) is 5.56 Å². The van der Waals surface area contributed by atoms with E-state index in [0.29, 0.717) is 6.54 Å². The minimum Gasteiger partial charge on any atom is -0.372 e. The van der Waals surface area contributed by atoms with Gasteiger partial charge in [-0.2, -0.15) is 0 Å². The van der Waals surface area contributed by atoms with E-state index in [0.717, 1.165) is 29.3 Å². The van der Waals surface area contributed by atoms with Crippen LogP contribution in [0.3, 0.4) is 0 Å². The summed E-state index contributed by atoms with van der Waals surface area (Å²) in [4.78, 5) is 8.76. The van der Waals surface area contributed by atoms with Gasteiger partial charge in [-0.05, 0) is 24.1 Å². The van der Waals surface area contributed by atoms with Gasteiger partial charge < -0.3 is 15.0 Å². The summed E-state index contributed by atoms with van der Waals surface area (Å²) in [5, 5.41) is 6.31. The Bertz CT molecular complexity index is 735. The Labute approximate surface area is 121 Å². The van der Waals surface area contributed by atoms with Gasteiger partial charge in [-0.1, -0.05) is 12.1 Å². The minimum atomic E-state index is -0.214. The first kappa shape index (κ1) is 13.4. The number of aromatic nitrogens is 3. The lowest BCUT2D eigenvalue weighted by Gasteiger charge is -2.09. The van der Waals surface area contributed by atoms with Gasteiger partial charge in [0, 0.05) is 26.0 Å². The SMILES string of the molecule is CNc1cn2ccnc2c(NCCc2ccc(F)cc2)n1. The first-order valence-electron chi connectivity index (χ1n) is 6.76. The molecular weight excluding hydrogens is 269 g/mol. The molecule has 0 aliphatic rings. The highest BCUT2D eigenvalue weighted by molar-refractivity contribution is 5.65. The highest BCUT2D eigenvalue weighted by atomic mass is 19.1. The number of anilines is 2. The number of benzene rings is 1. The van der Waals surface area contributed by atoms with Gasteiger partial charge in [-0.15, -0.1) is 0 Å². The minimum absolute atomic E-state index is 0.214. The van der Waals surface area contributed by atoms with E-state index in [2.05, 4.69) is 20.6 Å². The predicted molar refractivity (Wildman–Crippen MR) is 81.1 cm³/mol. The number of nitrogens with one attached hydrogen (secondary N) is 2. The summed E-state index contributed by atoms with van der Waals surface area (Å²) in [5.41, 5.74) is 1.86. The van der Waals surface area contributed by atoms with Crippen molar-refractivity contribution in [3.05, 3.63) is 54.2 Å². The molecule has 0 saturated carbocycles. The summed E-state index contributed by atoms with van der Waals surface area (Å²) in [5.74, 6) is 1.29. The maximum absolute atomic E-state index is 12.9. The van der Waals surface area contributed by atoms with Gasteiger partial charge in [0.25, 0.3) is 0 Å². The molecule has 3 rings (SSSR count). The van der Waals surface area contributed by atoms with Crippen LogP contribution in [0.15, 0.2) is 42.9 Å². The Hall–Kier alpha value is -2.63. The number of imidazole rings is 1. The molecule has 0 radical (unpaired) electrons. The molecule has 0 aliphatic carbocycles. The molecule has 108 valence electrons. The molecule has 2 N–H and O–H groups in total. The molecule has 3 aromatic rings. The summed E-state index contributed by atoms with van der Waals surface area (Å²) in [7, 11) is 1.83. The van der Waals surface area contributed by atoms with Gasteiger partial charge in [0.05, 0.1) is 6.20 Å². The average molecular weight is 285 g/mol. The molecule has 0 bridgehead atoms. The molecule has 0 unspecified atom stereocenters. The normalized spacial score (nSPS) is 10.8. The molecule has 2 aromatic heterocycles. The number of fused-ring (bicyclic) bond motifs is 1. The van der Waals surface area contributed by atoms with E-state index in [1.807, 2.05) is 23.8 Å². The second kappa shape index (κ2) is 5.78. The van der Waals surface area contributed by atoms with Crippen molar-refractivity contribution in [2.75, 3.05) is 24.2 Å². The Morgan fingerprint density at radius 3 is 2.81 bits per heavy atom. The fourth-order valence-corrected chi connectivity index (χ4v) is 2.15. The zero-order chi connectivity index (χ0) is 14.7. The van der Waals surface area contributed by atoms with Crippen molar-refractivity contribution in [1.82, 2.24) is 14.4 Å². The van der Waals surface area contributed by atoms with E-state index < -0.39 is 0 Å². The number of nitrogens with zero attached hydrogens (tertiary/aromatic N) is 3. The Morgan fingerprint density at radius 2 is 2.05 bits per heavy atom. The van der Waals surface area contributed by atoms with Gasteiger partial charge in [0.2, 0.25) is 0 Å². The largest absolute Gasteiger partial charge is 0.372 e. The van der Waals surface area contributed by atoms with Crippen LogP contribution in [0.25, 0.3) is 5.65 Å². The van der Waals surface area contributed by atoms with Crippen molar-refractivity contribution in [2.24, 2.45) is 0 Å². The molecule has 0 amide bonds. The predicted octanol–water partition coefficient (Wildman–Crippen LogP) is 2.56. The number of halogens is 1. The summed E-state index contributed by atoms with van der Waals surface area (Å²) in [6.45, 7) is 0.703. The fraction of sp³-hybridized carbons (Fsp3) is 0.200. The molecule has 0 atom stereocenters. The van der Waals surface area contributed by atoms with Crippen LogP contribution in [0.4, 0.5) is 16.0 Å². The first-order valence-corrected chi connectivity index (χ1v) is 6.76. The third-order valence-electron chi connectivity index (χ3n) is 3.25. The maximum Gasteiger partial charge on any atom is 0.180 e. The van der Waals surface area contributed by atoms with Crippen LogP contribution in [0.5, 0.6) is 0 Å². The van der Waals surface area contributed by atoms with Crippen LogP contribution in [0.2, 0.25) is 0 Å². The van der Waals surface area contributed by atoms with E-state index in [4.69, 9.17) is 0 Å². The van der Waals surface area contributed by atoms with Gasteiger partial charge in [0.1, 0.15) is 11.6 Å². The lowest BCUT2D eigenvalue weighted by atomic mass is 10.1. The summed E-state index contributed by atoms with van der Waals surface area (Å²) in [6.07, 6.45) is 6.29. The zero-order valence-electron chi connectivity index (χ0n) is 11.7. The Balaban J connectivity index is 1.72. The molecule has 6 heteroatoms. The quantitative estimate of drug-likeness (QED) is 0.756. The smallest absolute Gasteiger partial charge is 0.180 e. The lowest BCUT2D eigenvalue weighted by molar-refractivity contribution is 0.627. The first-order chi connectivity index (χ1) is 10.3. The van der Waals surface area contributed by atoms with Crippen LogP contribution in [-0.2, 0) is 6.42 Å². The molecule has 21 heavy (non-hydrogen) atoms. The van der Waals surface area contributed by atoms with E-state index in [9.17, 15) is 4.39 Å². The molecule has 5 nitrogen and oxygen atoms in total. The van der Waals surface area contributed by atoms with Crippen molar-refractivity contribution < 1.29 is 4.39 Å². The lowest BCUT2D eigenvalue weighted by Crippen LogP contribution is -2.09. The number of hydrogen-bond donors (Lipinski definition) is 2. The second-order valence-electron chi connectivity index (χ2n) is 4.69. The van der Waals surface area contributed by atoms with E-state index in [-0.39, 0.29) is 5.82 Å². The maximum atomic E-state index is 12.9. The molecule has 0 spiro atoms. The monoisotopic (exact) mass is 285 g/mol. The summed E-state index contributed by atoms with van der Waals surface area (Å²) in [6, 6.07) is 6.53. The zero-order valence-corrected chi connectivity index (χ0v) is 11.7. The Morgan fingerprint density at radius 1 is 1.24 bits per heavy atom. The van der Waals surface area contributed by atoms with Crippen LogP contribution >= 0.6 is 0 Å². The summed E-state index contributed by atoms with van der Waals surface area (Å²) >= 11 is 0. The van der Waals surface area contributed by atoms with E-state index >= 15 is 0 Å². The molecular formula is C15H16FN5. The molecule has 0 aliphatic heterocycles. The van der Waals surface area contributed by atoms with Crippen molar-refractivity contribution in [3.8, 4) is 0 Å². The van der Waals surface area contributed by atoms with Crippen LogP contribution in [0, 0.1) is 5.82 Å². The van der Waals surface area contributed by atoms with E-state index in [1.54, 1.807) is 18.3 Å². The fourth-order valence-electron chi connectivity index (χ4n) is 2.15. The topological polar surface area (TPSA) is 54.2 Å². The van der Waals surface area contributed by atoms with Crippen molar-refractivity contribution >= 4 is 17.3 Å². The molecule has 0 saturated heterocycles. The van der Waals surface area contributed by atoms with Crippen LogP contribution < -0.4 is 10.6 Å². The van der Waals surface area contributed by atoms with E-state index in [1.165, 1.54) is 12.1 Å². The van der Waals surface area contributed by atoms with Crippen molar-refractivity contribution in [1.29, 1.82) is 0 Å². The molecule has 1 aromatic carbocycles. The second-order valence-corrected chi connectivity index (χ2v) is 4.69. The van der Waals surface area contributed by atoms with Crippen LogP contribution in [-0.4, -0.2) is 28.0 Å². The third-order valence-corrected chi connectivity index (χ3v) is 3.25. The number of rotatable bonds is 5. The summed E-state index contributed by atoms with van der Waals surface area (Å²) < 4.78 is 14.8. The van der Waals surface area contributed by atoms with Gasteiger partial charge in [0.15, 0.2) is 11.5 Å². The average Bonchev–Trinajstić information content (AvgIpc) is 2.97. The Kier molecular flexibility index (Phi) is 3.68. The molecule has 2 heterocycles. The highest BCUT2D eigenvalue weighted by Gasteiger charge is 2.06. The van der Waals surface area contributed by atoms with Gasteiger partial charge >= 0.3 is 0 Å². The van der Waals surface area contributed by atoms with Crippen molar-refractivity contribution in [3.63, 3.8) is 0 Å². The highest BCUT2D eigenvalue weighted by Crippen LogP contribution is 2.16. The molecule has 0 fully saturated rings. The van der Waals surface area contributed by atoms with Crippen molar-refractivity contribution in [2.45, 2.75) is 6.42 Å². The number of hydrogen-bond acceptors (Lipinski definition) is 4. The third kappa shape index (κ3) is 2.94. The van der Waals surface area contributed by atoms with Gasteiger partial charge in [-0.25, -0.2) is 14.4 Å².